The Morgan fingerprint density at radius 3 is 2.94 bits per heavy atom. The molecule has 3 unspecified atom stereocenters. The molecule has 1 aliphatic rings. The second kappa shape index (κ2) is 5.22. The summed E-state index contributed by atoms with van der Waals surface area (Å²) in [7, 11) is 0. The third-order valence-electron chi connectivity index (χ3n) is 3.01. The first kappa shape index (κ1) is 13.3. The molecule has 2 heterocycles. The standard InChI is InChI=1S/C12H15ClN2O3/c1-7-6-15(11(16)12(17)18-7)8(2)9-3-4-10(13)14-5-9/h3-5,7-8,12,17H,6H2,1-2H3. The average molecular weight is 271 g/mol. The molecule has 3 atom stereocenters. The van der Waals surface area contributed by atoms with Crippen molar-refractivity contribution in [3.63, 3.8) is 0 Å². The maximum Gasteiger partial charge on any atom is 0.279 e. The molecule has 0 spiro atoms. The lowest BCUT2D eigenvalue weighted by atomic mass is 10.1. The van der Waals surface area contributed by atoms with Gasteiger partial charge in [-0.25, -0.2) is 4.98 Å². The van der Waals surface area contributed by atoms with Gasteiger partial charge in [-0.15, -0.1) is 0 Å². The highest BCUT2D eigenvalue weighted by molar-refractivity contribution is 6.29. The van der Waals surface area contributed by atoms with Crippen LogP contribution in [0.5, 0.6) is 0 Å². The van der Waals surface area contributed by atoms with Crippen molar-refractivity contribution < 1.29 is 14.6 Å². The van der Waals surface area contributed by atoms with Crippen LogP contribution in [0.25, 0.3) is 0 Å². The summed E-state index contributed by atoms with van der Waals surface area (Å²) >= 11 is 5.73. The monoisotopic (exact) mass is 270 g/mol. The summed E-state index contributed by atoms with van der Waals surface area (Å²) < 4.78 is 5.06. The van der Waals surface area contributed by atoms with Gasteiger partial charge in [-0.1, -0.05) is 17.7 Å². The van der Waals surface area contributed by atoms with E-state index in [1.165, 1.54) is 0 Å². The Labute approximate surface area is 110 Å². The summed E-state index contributed by atoms with van der Waals surface area (Å²) in [6, 6.07) is 3.32. The Bertz CT molecular complexity index is 437. The molecule has 1 aromatic rings. The largest absolute Gasteiger partial charge is 0.360 e. The molecule has 1 fully saturated rings. The van der Waals surface area contributed by atoms with Crippen molar-refractivity contribution in [2.24, 2.45) is 0 Å². The minimum absolute atomic E-state index is 0.178. The zero-order valence-electron chi connectivity index (χ0n) is 10.2. The molecule has 1 amide bonds. The summed E-state index contributed by atoms with van der Waals surface area (Å²) in [5.74, 6) is -0.421. The zero-order valence-corrected chi connectivity index (χ0v) is 11.0. The predicted octanol–water partition coefficient (Wildman–Crippen LogP) is 1.36. The van der Waals surface area contributed by atoms with Crippen molar-refractivity contribution >= 4 is 17.5 Å². The zero-order chi connectivity index (χ0) is 13.3. The first-order valence-electron chi connectivity index (χ1n) is 5.74. The lowest BCUT2D eigenvalue weighted by Gasteiger charge is -2.37. The third kappa shape index (κ3) is 2.63. The van der Waals surface area contributed by atoms with E-state index in [-0.39, 0.29) is 12.1 Å². The molecule has 1 N–H and O–H groups in total. The van der Waals surface area contributed by atoms with Crippen LogP contribution >= 0.6 is 11.6 Å². The van der Waals surface area contributed by atoms with Crippen LogP contribution in [0.2, 0.25) is 5.15 Å². The Morgan fingerprint density at radius 2 is 2.33 bits per heavy atom. The number of nitrogens with zero attached hydrogens (tertiary/aromatic N) is 2. The Kier molecular flexibility index (Phi) is 3.85. The second-order valence-electron chi connectivity index (χ2n) is 4.38. The number of carbonyl (C=O) groups excluding carboxylic acids is 1. The van der Waals surface area contributed by atoms with E-state index in [1.807, 2.05) is 19.9 Å². The molecule has 0 aromatic carbocycles. The Morgan fingerprint density at radius 1 is 1.61 bits per heavy atom. The molecule has 1 saturated heterocycles. The molecule has 0 saturated carbocycles. The van der Waals surface area contributed by atoms with Gasteiger partial charge in [0.05, 0.1) is 12.1 Å². The fraction of sp³-hybridized carbons (Fsp3) is 0.500. The number of carbonyl (C=O) groups is 1. The minimum Gasteiger partial charge on any atom is -0.360 e. The number of hydrogen-bond acceptors (Lipinski definition) is 4. The van der Waals surface area contributed by atoms with E-state index in [2.05, 4.69) is 4.98 Å². The van der Waals surface area contributed by atoms with Crippen LogP contribution in [-0.2, 0) is 9.53 Å². The first-order chi connectivity index (χ1) is 8.49. The molecule has 0 aliphatic carbocycles. The Balaban J connectivity index is 2.19. The van der Waals surface area contributed by atoms with Gasteiger partial charge in [-0.3, -0.25) is 4.79 Å². The van der Waals surface area contributed by atoms with Gasteiger partial charge in [0.1, 0.15) is 5.15 Å². The van der Waals surface area contributed by atoms with Crippen molar-refractivity contribution in [1.29, 1.82) is 0 Å². The smallest absolute Gasteiger partial charge is 0.279 e. The number of aliphatic hydroxyl groups is 1. The normalized spacial score (nSPS) is 26.2. The SMILES string of the molecule is CC1CN(C(C)c2ccc(Cl)nc2)C(=O)C(O)O1. The molecule has 6 heteroatoms. The van der Waals surface area contributed by atoms with Crippen molar-refractivity contribution in [3.8, 4) is 0 Å². The summed E-state index contributed by atoms with van der Waals surface area (Å²) in [6.45, 7) is 4.14. The number of aliphatic hydroxyl groups excluding tert-OH is 1. The van der Waals surface area contributed by atoms with Crippen LogP contribution in [0.15, 0.2) is 18.3 Å². The molecule has 5 nitrogen and oxygen atoms in total. The first-order valence-corrected chi connectivity index (χ1v) is 6.12. The number of aromatic nitrogens is 1. The molecule has 98 valence electrons. The van der Waals surface area contributed by atoms with Crippen LogP contribution in [0.4, 0.5) is 0 Å². The second-order valence-corrected chi connectivity index (χ2v) is 4.77. The summed E-state index contributed by atoms with van der Waals surface area (Å²) in [5.41, 5.74) is 0.869. The van der Waals surface area contributed by atoms with Gasteiger partial charge in [0.25, 0.3) is 5.91 Å². The number of amides is 1. The van der Waals surface area contributed by atoms with Gasteiger partial charge in [-0.05, 0) is 25.5 Å². The van der Waals surface area contributed by atoms with E-state index in [0.717, 1.165) is 5.56 Å². The highest BCUT2D eigenvalue weighted by atomic mass is 35.5. The van der Waals surface area contributed by atoms with Crippen molar-refractivity contribution in [1.82, 2.24) is 9.88 Å². The molecule has 1 aliphatic heterocycles. The molecule has 0 bridgehead atoms. The third-order valence-corrected chi connectivity index (χ3v) is 3.23. The number of pyridine rings is 1. The summed E-state index contributed by atoms with van der Waals surface area (Å²) in [4.78, 5) is 17.4. The summed E-state index contributed by atoms with van der Waals surface area (Å²) in [6.07, 6.45) is 0.0594. The van der Waals surface area contributed by atoms with Crippen molar-refractivity contribution in [2.75, 3.05) is 6.54 Å². The van der Waals surface area contributed by atoms with E-state index >= 15 is 0 Å². The number of morpholine rings is 1. The van der Waals surface area contributed by atoms with Crippen LogP contribution in [-0.4, -0.2) is 39.8 Å². The highest BCUT2D eigenvalue weighted by Crippen LogP contribution is 2.24. The van der Waals surface area contributed by atoms with E-state index in [0.29, 0.717) is 11.7 Å². The predicted molar refractivity (Wildman–Crippen MR) is 65.9 cm³/mol. The fourth-order valence-electron chi connectivity index (χ4n) is 1.99. The van der Waals surface area contributed by atoms with Crippen LogP contribution in [0.3, 0.4) is 0 Å². The van der Waals surface area contributed by atoms with E-state index in [1.54, 1.807) is 17.2 Å². The van der Waals surface area contributed by atoms with Crippen LogP contribution in [0, 0.1) is 0 Å². The maximum absolute atomic E-state index is 11.9. The average Bonchev–Trinajstić information content (AvgIpc) is 2.34. The van der Waals surface area contributed by atoms with Gasteiger partial charge in [0.15, 0.2) is 0 Å². The lowest BCUT2D eigenvalue weighted by Crippen LogP contribution is -2.51. The van der Waals surface area contributed by atoms with E-state index < -0.39 is 12.2 Å². The van der Waals surface area contributed by atoms with Gasteiger partial charge >= 0.3 is 0 Å². The van der Waals surface area contributed by atoms with E-state index in [4.69, 9.17) is 16.3 Å². The molecular weight excluding hydrogens is 256 g/mol. The maximum atomic E-state index is 11.9. The van der Waals surface area contributed by atoms with Gasteiger partial charge < -0.3 is 14.7 Å². The van der Waals surface area contributed by atoms with Gasteiger partial charge in [0, 0.05) is 12.7 Å². The molecule has 1 aromatic heterocycles. The minimum atomic E-state index is -1.38. The Hall–Kier alpha value is -1.17. The molecule has 0 radical (unpaired) electrons. The number of hydrogen-bond donors (Lipinski definition) is 1. The van der Waals surface area contributed by atoms with Gasteiger partial charge in [0.2, 0.25) is 6.29 Å². The highest BCUT2D eigenvalue weighted by Gasteiger charge is 2.34. The topological polar surface area (TPSA) is 62.7 Å². The number of halogens is 1. The molecule has 2 rings (SSSR count). The fourth-order valence-corrected chi connectivity index (χ4v) is 2.11. The molecular formula is C12H15ClN2O3. The van der Waals surface area contributed by atoms with Crippen molar-refractivity contribution in [3.05, 3.63) is 29.0 Å². The number of rotatable bonds is 2. The van der Waals surface area contributed by atoms with Gasteiger partial charge in [-0.2, -0.15) is 0 Å². The van der Waals surface area contributed by atoms with Crippen LogP contribution in [0.1, 0.15) is 25.5 Å². The van der Waals surface area contributed by atoms with Crippen LogP contribution < -0.4 is 0 Å². The lowest BCUT2D eigenvalue weighted by molar-refractivity contribution is -0.200. The van der Waals surface area contributed by atoms with E-state index in [9.17, 15) is 9.90 Å². The summed E-state index contributed by atoms with van der Waals surface area (Å²) in [5, 5.41) is 9.92. The quantitative estimate of drug-likeness (QED) is 0.825. The van der Waals surface area contributed by atoms with Crippen molar-refractivity contribution in [2.45, 2.75) is 32.3 Å². The molecule has 18 heavy (non-hydrogen) atoms. The number of ether oxygens (including phenoxy) is 1.